The van der Waals surface area contributed by atoms with Gasteiger partial charge in [0.05, 0.1) is 6.54 Å². The number of hydrogen-bond donors (Lipinski definition) is 0. The zero-order chi connectivity index (χ0) is 21.8. The van der Waals surface area contributed by atoms with Gasteiger partial charge in [0.2, 0.25) is 6.79 Å². The van der Waals surface area contributed by atoms with Crippen molar-refractivity contribution < 1.29 is 9.47 Å². The third-order valence-electron chi connectivity index (χ3n) is 6.72. The summed E-state index contributed by atoms with van der Waals surface area (Å²) in [6, 6.07) is 14.0. The lowest BCUT2D eigenvalue weighted by atomic mass is 10.00. The molecule has 0 N–H and O–H groups in total. The van der Waals surface area contributed by atoms with Crippen LogP contribution in [0, 0.1) is 12.8 Å². The number of fused-ring (bicyclic) bond motifs is 4. The van der Waals surface area contributed by atoms with Crippen LogP contribution in [0.4, 0.5) is 0 Å². The van der Waals surface area contributed by atoms with Crippen molar-refractivity contribution in [2.24, 2.45) is 5.92 Å². The summed E-state index contributed by atoms with van der Waals surface area (Å²) in [5.41, 5.74) is 2.27. The molecule has 2 atom stereocenters. The molecule has 1 fully saturated rings. The largest absolute Gasteiger partial charge is 0.454 e. The van der Waals surface area contributed by atoms with Crippen LogP contribution in [0.5, 0.6) is 11.5 Å². The topological polar surface area (TPSA) is 78.6 Å². The van der Waals surface area contributed by atoms with Gasteiger partial charge in [0.15, 0.2) is 11.5 Å². The monoisotopic (exact) mass is 432 g/mol. The lowest BCUT2D eigenvalue weighted by molar-refractivity contribution is 0.174. The van der Waals surface area contributed by atoms with Gasteiger partial charge in [-0.25, -0.2) is 4.68 Å². The third-order valence-corrected chi connectivity index (χ3v) is 6.72. The van der Waals surface area contributed by atoms with E-state index in [9.17, 15) is 9.59 Å². The standard InChI is InChI=1S/C24H24N4O4/c1-15-2-4-16(5-3-15)10-28-24(30)23(29)27-12-18-11-26(13-19(18)22(27)25-28)9-17-6-7-20-21(8-17)32-14-31-20/h2-8,18-19H,9-14H2,1H3/t18-,19+/m0/s1. The van der Waals surface area contributed by atoms with Gasteiger partial charge in [-0.15, -0.1) is 0 Å². The second-order valence-electron chi connectivity index (χ2n) is 8.97. The fourth-order valence-electron chi connectivity index (χ4n) is 5.08. The van der Waals surface area contributed by atoms with Crippen molar-refractivity contribution in [3.63, 3.8) is 0 Å². The molecule has 0 amide bonds. The van der Waals surface area contributed by atoms with Crippen LogP contribution in [0.2, 0.25) is 0 Å². The van der Waals surface area contributed by atoms with Crippen LogP contribution in [-0.2, 0) is 19.6 Å². The van der Waals surface area contributed by atoms with Crippen LogP contribution >= 0.6 is 0 Å². The molecule has 164 valence electrons. The van der Waals surface area contributed by atoms with E-state index in [-0.39, 0.29) is 12.7 Å². The molecule has 1 aromatic heterocycles. The van der Waals surface area contributed by atoms with E-state index in [1.54, 1.807) is 4.57 Å². The molecule has 0 spiro atoms. The zero-order valence-electron chi connectivity index (χ0n) is 17.9. The molecule has 4 heterocycles. The first-order valence-corrected chi connectivity index (χ1v) is 10.9. The number of likely N-dealkylation sites (tertiary alicyclic amines) is 1. The van der Waals surface area contributed by atoms with Crippen molar-refractivity contribution >= 4 is 0 Å². The molecule has 3 aliphatic heterocycles. The Morgan fingerprint density at radius 2 is 1.69 bits per heavy atom. The average Bonchev–Trinajstić information content (AvgIpc) is 3.48. The minimum Gasteiger partial charge on any atom is -0.454 e. The summed E-state index contributed by atoms with van der Waals surface area (Å²) in [5.74, 6) is 2.76. The zero-order valence-corrected chi connectivity index (χ0v) is 17.9. The van der Waals surface area contributed by atoms with E-state index in [2.05, 4.69) is 16.1 Å². The van der Waals surface area contributed by atoms with Crippen LogP contribution < -0.4 is 20.6 Å². The first kappa shape index (κ1) is 19.3. The molecule has 0 radical (unpaired) electrons. The highest BCUT2D eigenvalue weighted by atomic mass is 16.7. The van der Waals surface area contributed by atoms with Crippen LogP contribution in [-0.4, -0.2) is 39.1 Å². The molecule has 2 aromatic carbocycles. The Kier molecular flexibility index (Phi) is 4.43. The molecule has 3 aromatic rings. The van der Waals surface area contributed by atoms with Crippen LogP contribution in [0.3, 0.4) is 0 Å². The smallest absolute Gasteiger partial charge is 0.332 e. The summed E-state index contributed by atoms with van der Waals surface area (Å²) < 4.78 is 13.8. The lowest BCUT2D eigenvalue weighted by Gasteiger charge is -2.18. The fraction of sp³-hybridized carbons (Fsp3) is 0.375. The fourth-order valence-corrected chi connectivity index (χ4v) is 5.08. The van der Waals surface area contributed by atoms with Crippen molar-refractivity contribution in [1.29, 1.82) is 0 Å². The van der Waals surface area contributed by atoms with E-state index >= 15 is 0 Å². The normalized spacial score (nSPS) is 21.0. The molecule has 3 aliphatic rings. The highest BCUT2D eigenvalue weighted by molar-refractivity contribution is 5.44. The molecule has 8 nitrogen and oxygen atoms in total. The van der Waals surface area contributed by atoms with Crippen molar-refractivity contribution in [3.05, 3.63) is 85.7 Å². The van der Waals surface area contributed by atoms with Crippen LogP contribution in [0.15, 0.2) is 52.1 Å². The summed E-state index contributed by atoms with van der Waals surface area (Å²) >= 11 is 0. The molecule has 0 saturated carbocycles. The van der Waals surface area contributed by atoms with E-state index in [0.29, 0.717) is 19.0 Å². The summed E-state index contributed by atoms with van der Waals surface area (Å²) in [4.78, 5) is 27.8. The first-order valence-electron chi connectivity index (χ1n) is 10.9. The molecule has 0 unspecified atom stereocenters. The second kappa shape index (κ2) is 7.34. The van der Waals surface area contributed by atoms with Crippen LogP contribution in [0.25, 0.3) is 0 Å². The van der Waals surface area contributed by atoms with Gasteiger partial charge in [-0.05, 0) is 30.2 Å². The number of hydrogen-bond acceptors (Lipinski definition) is 6. The quantitative estimate of drug-likeness (QED) is 0.585. The lowest BCUT2D eigenvalue weighted by Crippen LogP contribution is -2.44. The van der Waals surface area contributed by atoms with Gasteiger partial charge in [-0.2, -0.15) is 5.10 Å². The van der Waals surface area contributed by atoms with Gasteiger partial charge in [0.1, 0.15) is 5.82 Å². The van der Waals surface area contributed by atoms with Gasteiger partial charge < -0.3 is 9.47 Å². The molecule has 0 aliphatic carbocycles. The number of rotatable bonds is 4. The molecule has 0 bridgehead atoms. The summed E-state index contributed by atoms with van der Waals surface area (Å²) in [7, 11) is 0. The molecule has 6 rings (SSSR count). The average molecular weight is 432 g/mol. The Balaban J connectivity index is 1.24. The summed E-state index contributed by atoms with van der Waals surface area (Å²) in [6.45, 7) is 5.64. The van der Waals surface area contributed by atoms with Crippen molar-refractivity contribution in [2.75, 3.05) is 19.9 Å². The predicted molar refractivity (Wildman–Crippen MR) is 117 cm³/mol. The van der Waals surface area contributed by atoms with E-state index in [0.717, 1.165) is 48.1 Å². The minimum absolute atomic E-state index is 0.154. The van der Waals surface area contributed by atoms with E-state index in [1.165, 1.54) is 10.2 Å². The molecule has 32 heavy (non-hydrogen) atoms. The summed E-state index contributed by atoms with van der Waals surface area (Å²) in [5, 5.41) is 4.67. The second-order valence-corrected chi connectivity index (χ2v) is 8.97. The number of ether oxygens (including phenoxy) is 2. The molecule has 8 heteroatoms. The Labute approximate surface area is 184 Å². The van der Waals surface area contributed by atoms with Gasteiger partial charge in [0, 0.05) is 38.0 Å². The summed E-state index contributed by atoms with van der Waals surface area (Å²) in [6.07, 6.45) is 0. The Morgan fingerprint density at radius 1 is 0.906 bits per heavy atom. The Bertz CT molecular complexity index is 1310. The Hall–Kier alpha value is -3.39. The number of aromatic nitrogens is 3. The van der Waals surface area contributed by atoms with E-state index in [1.807, 2.05) is 43.3 Å². The maximum Gasteiger partial charge on any atom is 0.332 e. The third kappa shape index (κ3) is 3.22. The number of benzene rings is 2. The maximum atomic E-state index is 12.8. The van der Waals surface area contributed by atoms with E-state index < -0.39 is 11.1 Å². The van der Waals surface area contributed by atoms with Crippen molar-refractivity contribution in [3.8, 4) is 11.5 Å². The SMILES string of the molecule is Cc1ccc(Cn2nc3n(c(=O)c2=O)C[C@@H]2CN(Cc4ccc5c(c4)OCO5)C[C@@H]32)cc1. The van der Waals surface area contributed by atoms with Crippen LogP contribution in [0.1, 0.15) is 28.4 Å². The first-order chi connectivity index (χ1) is 15.5. The van der Waals surface area contributed by atoms with E-state index in [4.69, 9.17) is 9.47 Å². The number of aryl methyl sites for hydroxylation is 1. The Morgan fingerprint density at radius 3 is 2.53 bits per heavy atom. The van der Waals surface area contributed by atoms with Gasteiger partial charge in [-0.1, -0.05) is 35.9 Å². The van der Waals surface area contributed by atoms with Gasteiger partial charge in [0.25, 0.3) is 0 Å². The van der Waals surface area contributed by atoms with Crippen molar-refractivity contribution in [2.45, 2.75) is 32.5 Å². The molecule has 1 saturated heterocycles. The highest BCUT2D eigenvalue weighted by Gasteiger charge is 2.42. The van der Waals surface area contributed by atoms with Gasteiger partial charge in [-0.3, -0.25) is 19.1 Å². The molecular formula is C24H24N4O4. The maximum absolute atomic E-state index is 12.8. The predicted octanol–water partition coefficient (Wildman–Crippen LogP) is 1.72. The molecular weight excluding hydrogens is 408 g/mol. The number of nitrogens with zero attached hydrogens (tertiary/aromatic N) is 4. The minimum atomic E-state index is -0.550. The van der Waals surface area contributed by atoms with Gasteiger partial charge >= 0.3 is 11.1 Å². The highest BCUT2D eigenvalue weighted by Crippen LogP contribution is 2.38. The van der Waals surface area contributed by atoms with Crippen molar-refractivity contribution in [1.82, 2.24) is 19.2 Å².